The van der Waals surface area contributed by atoms with Gasteiger partial charge < -0.3 is 15.1 Å². The monoisotopic (exact) mass is 365 g/mol. The number of carbonyl (C=O) groups is 1. The van der Waals surface area contributed by atoms with E-state index in [4.69, 9.17) is 0 Å². The van der Waals surface area contributed by atoms with Crippen molar-refractivity contribution in [2.24, 2.45) is 0 Å². The maximum absolute atomic E-state index is 13.7. The second-order valence-corrected chi connectivity index (χ2v) is 6.16. The summed E-state index contributed by atoms with van der Waals surface area (Å²) < 4.78 is 40.1. The molecule has 6 nitrogen and oxygen atoms in total. The van der Waals surface area contributed by atoms with Gasteiger partial charge in [0.2, 0.25) is 5.95 Å². The van der Waals surface area contributed by atoms with Crippen LogP contribution < -0.4 is 10.2 Å². The molecule has 0 unspecified atom stereocenters. The lowest BCUT2D eigenvalue weighted by molar-refractivity contribution is 0.102. The van der Waals surface area contributed by atoms with Crippen molar-refractivity contribution in [3.05, 3.63) is 47.0 Å². The third-order valence-electron chi connectivity index (χ3n) is 4.14. The van der Waals surface area contributed by atoms with Gasteiger partial charge >= 0.3 is 0 Å². The zero-order valence-electron chi connectivity index (χ0n) is 14.4. The highest BCUT2D eigenvalue weighted by molar-refractivity contribution is 6.03. The van der Waals surface area contributed by atoms with E-state index < -0.39 is 29.0 Å². The number of rotatable bonds is 3. The molecule has 138 valence electrons. The third-order valence-corrected chi connectivity index (χ3v) is 4.14. The third kappa shape index (κ3) is 3.77. The molecule has 0 bridgehead atoms. The molecule has 0 spiro atoms. The van der Waals surface area contributed by atoms with E-state index in [1.54, 1.807) is 6.92 Å². The number of aromatic nitrogens is 2. The van der Waals surface area contributed by atoms with E-state index in [1.807, 2.05) is 11.9 Å². The number of aryl methyl sites for hydroxylation is 1. The Hall–Kier alpha value is -2.68. The fourth-order valence-corrected chi connectivity index (χ4v) is 2.63. The predicted octanol–water partition coefficient (Wildman–Crippen LogP) is 2.21. The number of amides is 1. The number of likely N-dealkylation sites (N-methyl/N-ethyl adjacent to an activating group) is 1. The van der Waals surface area contributed by atoms with Crippen LogP contribution in [0.25, 0.3) is 0 Å². The highest BCUT2D eigenvalue weighted by Crippen LogP contribution is 2.20. The first-order chi connectivity index (χ1) is 12.3. The van der Waals surface area contributed by atoms with Crippen molar-refractivity contribution >= 4 is 17.5 Å². The Morgan fingerprint density at radius 2 is 1.77 bits per heavy atom. The van der Waals surface area contributed by atoms with E-state index >= 15 is 0 Å². The zero-order valence-corrected chi connectivity index (χ0v) is 14.4. The molecule has 1 aliphatic rings. The fourth-order valence-electron chi connectivity index (χ4n) is 2.63. The molecule has 1 N–H and O–H groups in total. The SMILES string of the molecule is Cc1cc(C(=O)Nc2ccc(F)c(F)c2F)nc(N2CCN(C)CC2)n1. The summed E-state index contributed by atoms with van der Waals surface area (Å²) >= 11 is 0. The Morgan fingerprint density at radius 1 is 1.08 bits per heavy atom. The van der Waals surface area contributed by atoms with E-state index in [-0.39, 0.29) is 5.69 Å². The average Bonchev–Trinajstić information content (AvgIpc) is 2.62. The van der Waals surface area contributed by atoms with E-state index in [2.05, 4.69) is 20.2 Å². The molecule has 0 saturated carbocycles. The second-order valence-electron chi connectivity index (χ2n) is 6.16. The van der Waals surface area contributed by atoms with Crippen LogP contribution in [-0.4, -0.2) is 54.0 Å². The first-order valence-corrected chi connectivity index (χ1v) is 8.09. The Morgan fingerprint density at radius 3 is 2.46 bits per heavy atom. The van der Waals surface area contributed by atoms with Crippen molar-refractivity contribution in [3.8, 4) is 0 Å². The van der Waals surface area contributed by atoms with Crippen molar-refractivity contribution in [2.75, 3.05) is 43.4 Å². The summed E-state index contributed by atoms with van der Waals surface area (Å²) in [5.74, 6) is -4.73. The molecule has 1 aliphatic heterocycles. The number of halogens is 3. The first-order valence-electron chi connectivity index (χ1n) is 8.09. The molecule has 0 atom stereocenters. The number of carbonyl (C=O) groups excluding carboxylic acids is 1. The summed E-state index contributed by atoms with van der Waals surface area (Å²) in [6.07, 6.45) is 0. The molecule has 1 fully saturated rings. The summed E-state index contributed by atoms with van der Waals surface area (Å²) in [4.78, 5) is 25.1. The molecular formula is C17H18F3N5O. The number of hydrogen-bond acceptors (Lipinski definition) is 5. The average molecular weight is 365 g/mol. The van der Waals surface area contributed by atoms with Gasteiger partial charge in [-0.3, -0.25) is 4.79 Å². The molecule has 0 radical (unpaired) electrons. The normalized spacial score (nSPS) is 15.2. The van der Waals surface area contributed by atoms with Crippen LogP contribution in [0.2, 0.25) is 0 Å². The number of piperazine rings is 1. The summed E-state index contributed by atoms with van der Waals surface area (Å²) in [5, 5.41) is 2.22. The molecule has 2 heterocycles. The van der Waals surface area contributed by atoms with Crippen LogP contribution >= 0.6 is 0 Å². The van der Waals surface area contributed by atoms with Gasteiger partial charge in [-0.15, -0.1) is 0 Å². The van der Waals surface area contributed by atoms with Gasteiger partial charge in [-0.2, -0.15) is 0 Å². The second kappa shape index (κ2) is 7.28. The predicted molar refractivity (Wildman–Crippen MR) is 90.7 cm³/mol. The first kappa shape index (κ1) is 18.1. The Bertz CT molecular complexity index is 837. The molecular weight excluding hydrogens is 347 g/mol. The summed E-state index contributed by atoms with van der Waals surface area (Å²) in [7, 11) is 2.02. The van der Waals surface area contributed by atoms with Crippen LogP contribution in [0.15, 0.2) is 18.2 Å². The Balaban J connectivity index is 1.83. The van der Waals surface area contributed by atoms with Crippen molar-refractivity contribution in [1.29, 1.82) is 0 Å². The van der Waals surface area contributed by atoms with Gasteiger partial charge in [0, 0.05) is 31.9 Å². The maximum Gasteiger partial charge on any atom is 0.274 e. The number of nitrogens with zero attached hydrogens (tertiary/aromatic N) is 4. The number of benzene rings is 1. The van der Waals surface area contributed by atoms with Gasteiger partial charge in [-0.25, -0.2) is 23.1 Å². The number of nitrogens with one attached hydrogen (secondary N) is 1. The number of hydrogen-bond donors (Lipinski definition) is 1. The molecule has 1 amide bonds. The minimum Gasteiger partial charge on any atom is -0.338 e. The van der Waals surface area contributed by atoms with Crippen LogP contribution in [0, 0.1) is 24.4 Å². The maximum atomic E-state index is 13.7. The summed E-state index contributed by atoms with van der Waals surface area (Å²) in [6.45, 7) is 4.85. The van der Waals surface area contributed by atoms with Crippen LogP contribution in [-0.2, 0) is 0 Å². The summed E-state index contributed by atoms with van der Waals surface area (Å²) in [6, 6.07) is 3.16. The lowest BCUT2D eigenvalue weighted by Crippen LogP contribution is -2.45. The Labute approximate surface area is 148 Å². The standard InChI is InChI=1S/C17H18F3N5O/c1-10-9-13(23-17(21-10)25-7-5-24(2)6-8-25)16(26)22-12-4-3-11(18)14(19)15(12)20/h3-4,9H,5-8H2,1-2H3,(H,22,26). The van der Waals surface area contributed by atoms with E-state index in [9.17, 15) is 18.0 Å². The van der Waals surface area contributed by atoms with Gasteiger partial charge in [-0.05, 0) is 32.2 Å². The van der Waals surface area contributed by atoms with E-state index in [0.29, 0.717) is 11.6 Å². The minimum atomic E-state index is -1.64. The van der Waals surface area contributed by atoms with Gasteiger partial charge in [0.05, 0.1) is 5.69 Å². The van der Waals surface area contributed by atoms with Gasteiger partial charge in [0.15, 0.2) is 17.5 Å². The van der Waals surface area contributed by atoms with E-state index in [0.717, 1.165) is 38.3 Å². The van der Waals surface area contributed by atoms with Gasteiger partial charge in [0.25, 0.3) is 5.91 Å². The molecule has 1 saturated heterocycles. The Kier molecular flexibility index (Phi) is 5.08. The lowest BCUT2D eigenvalue weighted by atomic mass is 10.2. The van der Waals surface area contributed by atoms with E-state index in [1.165, 1.54) is 6.07 Å². The smallest absolute Gasteiger partial charge is 0.274 e. The van der Waals surface area contributed by atoms with Crippen LogP contribution in [0.3, 0.4) is 0 Å². The lowest BCUT2D eigenvalue weighted by Gasteiger charge is -2.32. The topological polar surface area (TPSA) is 61.4 Å². The van der Waals surface area contributed by atoms with Crippen LogP contribution in [0.5, 0.6) is 0 Å². The molecule has 1 aromatic carbocycles. The largest absolute Gasteiger partial charge is 0.338 e. The highest BCUT2D eigenvalue weighted by atomic mass is 19.2. The van der Waals surface area contributed by atoms with Crippen molar-refractivity contribution in [3.63, 3.8) is 0 Å². The quantitative estimate of drug-likeness (QED) is 0.845. The highest BCUT2D eigenvalue weighted by Gasteiger charge is 2.20. The summed E-state index contributed by atoms with van der Waals surface area (Å²) in [5.41, 5.74) is 0.145. The molecule has 2 aromatic rings. The molecule has 3 rings (SSSR count). The number of anilines is 2. The fraction of sp³-hybridized carbons (Fsp3) is 0.353. The molecule has 1 aromatic heterocycles. The molecule has 0 aliphatic carbocycles. The minimum absolute atomic E-state index is 0.0237. The van der Waals surface area contributed by atoms with Crippen LogP contribution in [0.1, 0.15) is 16.2 Å². The molecule has 9 heteroatoms. The van der Waals surface area contributed by atoms with Gasteiger partial charge in [0.1, 0.15) is 5.69 Å². The van der Waals surface area contributed by atoms with Crippen molar-refractivity contribution in [2.45, 2.75) is 6.92 Å². The zero-order chi connectivity index (χ0) is 18.8. The van der Waals surface area contributed by atoms with Gasteiger partial charge in [-0.1, -0.05) is 0 Å². The van der Waals surface area contributed by atoms with Crippen molar-refractivity contribution < 1.29 is 18.0 Å². The van der Waals surface area contributed by atoms with Crippen molar-refractivity contribution in [1.82, 2.24) is 14.9 Å². The molecule has 26 heavy (non-hydrogen) atoms. The van der Waals surface area contributed by atoms with Crippen LogP contribution in [0.4, 0.5) is 24.8 Å².